The number of carbonyl (C=O) groups excluding carboxylic acids is 2. The Morgan fingerprint density at radius 2 is 1.78 bits per heavy atom. The zero-order valence-corrected chi connectivity index (χ0v) is 21.9. The van der Waals surface area contributed by atoms with Gasteiger partial charge >= 0.3 is 5.97 Å². The molecule has 2 aromatic carbocycles. The zero-order valence-electron chi connectivity index (χ0n) is 20.9. The lowest BCUT2D eigenvalue weighted by Crippen LogP contribution is -2.45. The molecular formula is C27H31F2NO5Si. The molecule has 9 heteroatoms. The van der Waals surface area contributed by atoms with Gasteiger partial charge in [0.2, 0.25) is 5.91 Å². The standard InChI is InChI=1S/C27H31F2NO5Si/c1-35-18-5-6-19-16(12-18)7-8-30(27(34)20-13-17(20)14-24(32)33)25(19)23(31)11-15-9-21(28)26(22(29)10-15)36(2,3)4/h5-6,9-10,12,17,20,25H,7-8,11,13-14H2,1-4H3,(H,32,33)/t17-,20+,25-/m1/s1. The number of carboxylic acids is 1. The number of halogens is 2. The first-order valence-corrected chi connectivity index (χ1v) is 15.6. The van der Waals surface area contributed by atoms with Crippen molar-refractivity contribution in [2.45, 2.75) is 51.4 Å². The minimum absolute atomic E-state index is 0.0847. The summed E-state index contributed by atoms with van der Waals surface area (Å²) in [6.45, 7) is 5.85. The van der Waals surface area contributed by atoms with Crippen LogP contribution in [0.25, 0.3) is 0 Å². The number of benzene rings is 2. The Hall–Kier alpha value is -3.07. The first kappa shape index (κ1) is 26.0. The van der Waals surface area contributed by atoms with Crippen LogP contribution in [0.15, 0.2) is 30.3 Å². The molecule has 2 aliphatic rings. The predicted molar refractivity (Wildman–Crippen MR) is 133 cm³/mol. The Bertz CT molecular complexity index is 1200. The van der Waals surface area contributed by atoms with Crippen LogP contribution in [0, 0.1) is 23.5 Å². The van der Waals surface area contributed by atoms with Crippen LogP contribution >= 0.6 is 0 Å². The van der Waals surface area contributed by atoms with E-state index in [1.165, 1.54) is 17.0 Å². The van der Waals surface area contributed by atoms with Gasteiger partial charge in [-0.05, 0) is 59.7 Å². The van der Waals surface area contributed by atoms with Crippen molar-refractivity contribution in [1.29, 1.82) is 0 Å². The molecule has 192 valence electrons. The van der Waals surface area contributed by atoms with Crippen molar-refractivity contribution in [3.63, 3.8) is 0 Å². The smallest absolute Gasteiger partial charge is 0.303 e. The summed E-state index contributed by atoms with van der Waals surface area (Å²) in [4.78, 5) is 39.6. The van der Waals surface area contributed by atoms with Gasteiger partial charge in [-0.25, -0.2) is 8.78 Å². The van der Waals surface area contributed by atoms with Gasteiger partial charge in [0.15, 0.2) is 5.78 Å². The van der Waals surface area contributed by atoms with Crippen LogP contribution in [-0.2, 0) is 27.2 Å². The summed E-state index contributed by atoms with van der Waals surface area (Å²) in [5.74, 6) is -2.86. The minimum atomic E-state index is -2.27. The fraction of sp³-hybridized carbons (Fsp3) is 0.444. The average molecular weight is 516 g/mol. The summed E-state index contributed by atoms with van der Waals surface area (Å²) in [5.41, 5.74) is 1.76. The van der Waals surface area contributed by atoms with Gasteiger partial charge in [-0.3, -0.25) is 14.4 Å². The number of methoxy groups -OCH3 is 1. The second-order valence-electron chi connectivity index (χ2n) is 10.8. The van der Waals surface area contributed by atoms with E-state index < -0.39 is 37.6 Å². The maximum atomic E-state index is 14.8. The number of nitrogens with zero attached hydrogens (tertiary/aromatic N) is 1. The first-order valence-electron chi connectivity index (χ1n) is 12.1. The van der Waals surface area contributed by atoms with Crippen LogP contribution in [0.4, 0.5) is 8.78 Å². The quantitative estimate of drug-likeness (QED) is 0.540. The first-order chi connectivity index (χ1) is 16.9. The summed E-state index contributed by atoms with van der Waals surface area (Å²) in [5, 5.41) is 9.18. The van der Waals surface area contributed by atoms with Crippen molar-refractivity contribution < 1.29 is 33.0 Å². The molecule has 0 bridgehead atoms. The van der Waals surface area contributed by atoms with E-state index in [0.29, 0.717) is 30.7 Å². The summed E-state index contributed by atoms with van der Waals surface area (Å²) in [6.07, 6.45) is 0.681. The monoisotopic (exact) mass is 515 g/mol. The lowest BCUT2D eigenvalue weighted by Gasteiger charge is -2.37. The summed E-state index contributed by atoms with van der Waals surface area (Å²) in [7, 11) is -0.718. The highest BCUT2D eigenvalue weighted by molar-refractivity contribution is 6.88. The number of rotatable bonds is 8. The number of hydrogen-bond donors (Lipinski definition) is 1. The molecule has 0 aromatic heterocycles. The Morgan fingerprint density at radius 1 is 1.11 bits per heavy atom. The van der Waals surface area contributed by atoms with Crippen LogP contribution < -0.4 is 9.92 Å². The molecule has 1 saturated carbocycles. The van der Waals surface area contributed by atoms with Gasteiger partial charge in [0, 0.05) is 30.5 Å². The number of ether oxygens (including phenoxy) is 1. The van der Waals surface area contributed by atoms with Gasteiger partial charge in [-0.15, -0.1) is 0 Å². The topological polar surface area (TPSA) is 83.9 Å². The SMILES string of the molecule is COc1ccc2c(c1)CCN(C(=O)[C@H]1C[C@@H]1CC(=O)O)[C@H]2C(=O)Cc1cc(F)c([Si](C)(C)C)c(F)c1. The zero-order chi connectivity index (χ0) is 26.4. The third-order valence-electron chi connectivity index (χ3n) is 7.07. The van der Waals surface area contributed by atoms with Crippen LogP contribution in [0.2, 0.25) is 19.6 Å². The summed E-state index contributed by atoms with van der Waals surface area (Å²) in [6, 6.07) is 6.85. The second-order valence-corrected chi connectivity index (χ2v) is 15.8. The maximum absolute atomic E-state index is 14.8. The molecular weight excluding hydrogens is 484 g/mol. The largest absolute Gasteiger partial charge is 0.497 e. The van der Waals surface area contributed by atoms with Crippen LogP contribution in [0.1, 0.15) is 35.6 Å². The van der Waals surface area contributed by atoms with Gasteiger partial charge in [-0.1, -0.05) is 25.7 Å². The Morgan fingerprint density at radius 3 is 2.36 bits per heavy atom. The van der Waals surface area contributed by atoms with E-state index in [0.717, 1.165) is 5.56 Å². The highest BCUT2D eigenvalue weighted by atomic mass is 28.3. The highest BCUT2D eigenvalue weighted by Gasteiger charge is 2.48. The molecule has 1 N–H and O–H groups in total. The fourth-order valence-electron chi connectivity index (χ4n) is 5.27. The maximum Gasteiger partial charge on any atom is 0.303 e. The molecule has 6 nitrogen and oxygen atoms in total. The molecule has 1 fully saturated rings. The van der Waals surface area contributed by atoms with E-state index in [2.05, 4.69) is 0 Å². The number of hydrogen-bond acceptors (Lipinski definition) is 4. The normalized spacial score (nSPS) is 21.1. The van der Waals surface area contributed by atoms with E-state index in [-0.39, 0.29) is 41.2 Å². The van der Waals surface area contributed by atoms with Gasteiger partial charge < -0.3 is 14.7 Å². The fourth-order valence-corrected chi connectivity index (χ4v) is 6.85. The molecule has 0 unspecified atom stereocenters. The molecule has 1 heterocycles. The molecule has 0 saturated heterocycles. The lowest BCUT2D eigenvalue weighted by molar-refractivity contribution is -0.142. The minimum Gasteiger partial charge on any atom is -0.497 e. The Kier molecular flexibility index (Phi) is 7.05. The van der Waals surface area contributed by atoms with Crippen molar-refractivity contribution in [1.82, 2.24) is 4.90 Å². The van der Waals surface area contributed by atoms with Crippen molar-refractivity contribution in [2.24, 2.45) is 11.8 Å². The van der Waals surface area contributed by atoms with Gasteiger partial charge in [0.1, 0.15) is 23.4 Å². The number of ketones is 1. The van der Waals surface area contributed by atoms with Gasteiger partial charge in [0.05, 0.1) is 15.2 Å². The van der Waals surface area contributed by atoms with Gasteiger partial charge in [0.25, 0.3) is 0 Å². The Balaban J connectivity index is 1.65. The van der Waals surface area contributed by atoms with Crippen molar-refractivity contribution in [2.75, 3.05) is 13.7 Å². The van der Waals surface area contributed by atoms with Crippen LogP contribution in [-0.4, -0.2) is 49.4 Å². The molecule has 1 aliphatic carbocycles. The van der Waals surface area contributed by atoms with Crippen molar-refractivity contribution in [3.05, 3.63) is 58.7 Å². The summed E-state index contributed by atoms with van der Waals surface area (Å²) < 4.78 is 35.0. The number of Topliss-reactive ketones (excluding diaryl/α,β-unsaturated/α-hetero) is 1. The van der Waals surface area contributed by atoms with Crippen molar-refractivity contribution in [3.8, 4) is 5.75 Å². The Labute approximate surface area is 210 Å². The van der Waals surface area contributed by atoms with E-state index in [1.54, 1.807) is 19.2 Å². The lowest BCUT2D eigenvalue weighted by atomic mass is 9.87. The second kappa shape index (κ2) is 9.76. The number of carboxylic acid groups (broad SMARTS) is 1. The molecule has 3 atom stereocenters. The molecule has 1 amide bonds. The third-order valence-corrected chi connectivity index (χ3v) is 9.05. The number of amides is 1. The third kappa shape index (κ3) is 5.21. The van der Waals surface area contributed by atoms with E-state index >= 15 is 0 Å². The number of carbonyl (C=O) groups is 3. The van der Waals surface area contributed by atoms with E-state index in [4.69, 9.17) is 9.84 Å². The molecule has 36 heavy (non-hydrogen) atoms. The molecule has 1 aliphatic heterocycles. The van der Waals surface area contributed by atoms with E-state index in [1.807, 2.05) is 25.7 Å². The number of fused-ring (bicyclic) bond motifs is 1. The predicted octanol–water partition coefficient (Wildman–Crippen LogP) is 3.87. The van der Waals surface area contributed by atoms with Gasteiger partial charge in [-0.2, -0.15) is 0 Å². The molecule has 4 rings (SSSR count). The molecule has 0 spiro atoms. The number of aliphatic carboxylic acids is 1. The highest BCUT2D eigenvalue weighted by Crippen LogP contribution is 2.45. The van der Waals surface area contributed by atoms with E-state index in [9.17, 15) is 23.2 Å². The van der Waals surface area contributed by atoms with Crippen LogP contribution in [0.3, 0.4) is 0 Å². The molecule has 2 aromatic rings. The average Bonchev–Trinajstić information content (AvgIpc) is 3.54. The summed E-state index contributed by atoms with van der Waals surface area (Å²) >= 11 is 0. The molecule has 0 radical (unpaired) electrons. The van der Waals surface area contributed by atoms with Crippen molar-refractivity contribution >= 4 is 30.9 Å². The van der Waals surface area contributed by atoms with Crippen LogP contribution in [0.5, 0.6) is 5.75 Å².